The smallest absolute Gasteiger partial charge is 0.187 e. The third kappa shape index (κ3) is 3.38. The predicted octanol–water partition coefficient (Wildman–Crippen LogP) is 4.56. The first-order valence-corrected chi connectivity index (χ1v) is 11.8. The fraction of sp³-hybridized carbons (Fsp3) is 0.435. The summed E-state index contributed by atoms with van der Waals surface area (Å²) in [5, 5.41) is 4.78. The number of halogens is 1. The Morgan fingerprint density at radius 3 is 2.74 bits per heavy atom. The third-order valence-corrected chi connectivity index (χ3v) is 7.76. The van der Waals surface area contributed by atoms with E-state index in [1.54, 1.807) is 15.7 Å². The van der Waals surface area contributed by atoms with Crippen LogP contribution in [0.2, 0.25) is 0 Å². The van der Waals surface area contributed by atoms with Crippen molar-refractivity contribution in [2.45, 2.75) is 57.2 Å². The lowest BCUT2D eigenvalue weighted by Crippen LogP contribution is -2.54. The Morgan fingerprint density at radius 2 is 1.94 bits per heavy atom. The number of piperidine rings is 2. The number of anilines is 1. The standard InChI is InChI=1S/C23H25FN6S/c1-13-11-30-12-14(8-18(24)21(30)25-13)19-6-7-20-22(27-19)31-23(28-20)29(2)17-9-15-4-3-5-16(10-17)26-15/h6-8,11-12,15-17,26H,3-5,9-10H2,1-2H3/t15-,16+,17?. The Labute approximate surface area is 184 Å². The summed E-state index contributed by atoms with van der Waals surface area (Å²) in [4.78, 5) is 17.1. The maximum Gasteiger partial charge on any atom is 0.187 e. The van der Waals surface area contributed by atoms with Crippen LogP contribution in [0, 0.1) is 12.7 Å². The van der Waals surface area contributed by atoms with Crippen molar-refractivity contribution in [2.24, 2.45) is 0 Å². The van der Waals surface area contributed by atoms with Gasteiger partial charge in [0.05, 0.1) is 11.4 Å². The van der Waals surface area contributed by atoms with E-state index in [1.165, 1.54) is 38.2 Å². The molecule has 2 fully saturated rings. The van der Waals surface area contributed by atoms with E-state index in [1.807, 2.05) is 31.5 Å². The SMILES string of the molecule is Cc1cn2cc(-c3ccc4nc(N(C)C5C[C@H]6CCC[C@@H](C5)N6)sc4n3)cc(F)c2n1. The number of nitrogens with one attached hydrogen (secondary N) is 1. The topological polar surface area (TPSA) is 58.4 Å². The van der Waals surface area contributed by atoms with Crippen LogP contribution < -0.4 is 10.2 Å². The van der Waals surface area contributed by atoms with Gasteiger partial charge in [-0.3, -0.25) is 0 Å². The minimum Gasteiger partial charge on any atom is -0.348 e. The number of pyridine rings is 2. The van der Waals surface area contributed by atoms with Gasteiger partial charge in [0, 0.05) is 43.1 Å². The van der Waals surface area contributed by atoms with Crippen LogP contribution >= 0.6 is 11.3 Å². The summed E-state index contributed by atoms with van der Waals surface area (Å²) in [5.74, 6) is -0.339. The Balaban J connectivity index is 1.32. The molecule has 4 aromatic rings. The molecule has 2 aliphatic rings. The van der Waals surface area contributed by atoms with E-state index in [4.69, 9.17) is 9.97 Å². The highest BCUT2D eigenvalue weighted by Crippen LogP contribution is 2.34. The Hall–Kier alpha value is -2.58. The van der Waals surface area contributed by atoms with Crippen LogP contribution in [0.15, 0.2) is 30.6 Å². The molecule has 0 saturated carbocycles. The molecule has 0 spiro atoms. The van der Waals surface area contributed by atoms with Gasteiger partial charge >= 0.3 is 0 Å². The Bertz CT molecular complexity index is 1270. The number of fused-ring (bicyclic) bond motifs is 4. The zero-order chi connectivity index (χ0) is 21.1. The summed E-state index contributed by atoms with van der Waals surface area (Å²) >= 11 is 1.62. The molecule has 0 radical (unpaired) electrons. The van der Waals surface area contributed by atoms with E-state index in [9.17, 15) is 4.39 Å². The maximum atomic E-state index is 14.5. The van der Waals surface area contributed by atoms with E-state index < -0.39 is 0 Å². The molecule has 6 nitrogen and oxygen atoms in total. The van der Waals surface area contributed by atoms with Crippen molar-refractivity contribution in [1.82, 2.24) is 24.7 Å². The second-order valence-electron chi connectivity index (χ2n) is 8.93. The first kappa shape index (κ1) is 19.1. The minimum absolute atomic E-state index is 0.339. The first-order valence-electron chi connectivity index (χ1n) is 11.0. The van der Waals surface area contributed by atoms with E-state index in [0.29, 0.717) is 23.8 Å². The number of thiazole rings is 1. The van der Waals surface area contributed by atoms with Gasteiger partial charge in [-0.25, -0.2) is 19.3 Å². The second-order valence-corrected chi connectivity index (χ2v) is 9.89. The summed E-state index contributed by atoms with van der Waals surface area (Å²) in [6.07, 6.45) is 9.96. The highest BCUT2D eigenvalue weighted by molar-refractivity contribution is 7.21. The summed E-state index contributed by atoms with van der Waals surface area (Å²) in [6, 6.07) is 7.20. The quantitative estimate of drug-likeness (QED) is 0.510. The molecule has 0 aliphatic carbocycles. The monoisotopic (exact) mass is 436 g/mol. The molecule has 2 bridgehead atoms. The highest BCUT2D eigenvalue weighted by atomic mass is 32.1. The highest BCUT2D eigenvalue weighted by Gasteiger charge is 2.33. The van der Waals surface area contributed by atoms with E-state index >= 15 is 0 Å². The summed E-state index contributed by atoms with van der Waals surface area (Å²) in [7, 11) is 2.16. The van der Waals surface area contributed by atoms with E-state index in [2.05, 4.69) is 22.2 Å². The normalized spacial score (nSPS) is 23.5. The van der Waals surface area contributed by atoms with Gasteiger partial charge in [0.2, 0.25) is 0 Å². The molecule has 1 N–H and O–H groups in total. The van der Waals surface area contributed by atoms with Gasteiger partial charge in [0.25, 0.3) is 0 Å². The lowest BCUT2D eigenvalue weighted by atomic mass is 9.83. The number of hydrogen-bond donors (Lipinski definition) is 1. The summed E-state index contributed by atoms with van der Waals surface area (Å²) in [5.41, 5.74) is 3.50. The van der Waals surface area contributed by atoms with Crippen LogP contribution in [-0.2, 0) is 0 Å². The van der Waals surface area contributed by atoms with Crippen LogP contribution in [0.3, 0.4) is 0 Å². The third-order valence-electron chi connectivity index (χ3n) is 6.71. The average molecular weight is 437 g/mol. The lowest BCUT2D eigenvalue weighted by molar-refractivity contribution is 0.219. The molecular weight excluding hydrogens is 411 g/mol. The number of aryl methyl sites for hydroxylation is 1. The molecule has 1 unspecified atom stereocenters. The van der Waals surface area contributed by atoms with Gasteiger partial charge in [-0.2, -0.15) is 0 Å². The predicted molar refractivity (Wildman–Crippen MR) is 122 cm³/mol. The van der Waals surface area contributed by atoms with Gasteiger partial charge in [-0.15, -0.1) is 0 Å². The lowest BCUT2D eigenvalue weighted by Gasteiger charge is -2.43. The van der Waals surface area contributed by atoms with Crippen LogP contribution in [0.25, 0.3) is 27.3 Å². The van der Waals surface area contributed by atoms with Gasteiger partial charge in [0.1, 0.15) is 10.3 Å². The molecule has 160 valence electrons. The van der Waals surface area contributed by atoms with Crippen LogP contribution in [0.4, 0.5) is 9.52 Å². The van der Waals surface area contributed by atoms with Gasteiger partial charge < -0.3 is 14.6 Å². The van der Waals surface area contributed by atoms with Gasteiger partial charge in [-0.05, 0) is 50.8 Å². The number of rotatable bonds is 3. The van der Waals surface area contributed by atoms with Crippen LogP contribution in [0.1, 0.15) is 37.8 Å². The molecule has 6 rings (SSSR count). The summed E-state index contributed by atoms with van der Waals surface area (Å²) < 4.78 is 16.3. The fourth-order valence-corrected chi connectivity index (χ4v) is 6.12. The number of nitrogens with zero attached hydrogens (tertiary/aromatic N) is 5. The largest absolute Gasteiger partial charge is 0.348 e. The Kier molecular flexibility index (Phi) is 4.47. The maximum absolute atomic E-state index is 14.5. The van der Waals surface area contributed by atoms with Crippen molar-refractivity contribution in [2.75, 3.05) is 11.9 Å². The van der Waals surface area contributed by atoms with Gasteiger partial charge in [0.15, 0.2) is 16.6 Å². The van der Waals surface area contributed by atoms with Crippen molar-refractivity contribution in [1.29, 1.82) is 0 Å². The molecule has 3 atom stereocenters. The number of hydrogen-bond acceptors (Lipinski definition) is 6. The molecule has 6 heterocycles. The van der Waals surface area contributed by atoms with Gasteiger partial charge in [-0.1, -0.05) is 17.8 Å². The fourth-order valence-electron chi connectivity index (χ4n) is 5.14. The molecular formula is C23H25FN6S. The summed E-state index contributed by atoms with van der Waals surface area (Å²) in [6.45, 7) is 1.86. The minimum atomic E-state index is -0.339. The molecule has 8 heteroatoms. The first-order chi connectivity index (χ1) is 15.0. The Morgan fingerprint density at radius 1 is 1.13 bits per heavy atom. The average Bonchev–Trinajstić information content (AvgIpc) is 3.35. The molecule has 0 amide bonds. The molecule has 0 aromatic carbocycles. The van der Waals surface area contributed by atoms with Crippen molar-refractivity contribution < 1.29 is 4.39 Å². The molecule has 31 heavy (non-hydrogen) atoms. The number of aromatic nitrogens is 4. The van der Waals surface area contributed by atoms with E-state index in [-0.39, 0.29) is 5.82 Å². The van der Waals surface area contributed by atoms with Crippen LogP contribution in [0.5, 0.6) is 0 Å². The second kappa shape index (κ2) is 7.24. The number of imidazole rings is 1. The van der Waals surface area contributed by atoms with Crippen molar-refractivity contribution >= 4 is 32.5 Å². The molecule has 2 saturated heterocycles. The van der Waals surface area contributed by atoms with Crippen LogP contribution in [-0.4, -0.2) is 44.5 Å². The molecule has 2 aliphatic heterocycles. The van der Waals surface area contributed by atoms with Crippen molar-refractivity contribution in [3.05, 3.63) is 42.1 Å². The molecule has 4 aromatic heterocycles. The zero-order valence-corrected chi connectivity index (χ0v) is 18.5. The van der Waals surface area contributed by atoms with E-state index in [0.717, 1.165) is 32.4 Å². The van der Waals surface area contributed by atoms with Crippen molar-refractivity contribution in [3.8, 4) is 11.3 Å². The van der Waals surface area contributed by atoms with Crippen molar-refractivity contribution in [3.63, 3.8) is 0 Å². The zero-order valence-electron chi connectivity index (χ0n) is 17.7.